The molecule has 0 atom stereocenters. The van der Waals surface area contributed by atoms with Crippen LogP contribution in [0, 0.1) is 0 Å². The number of furan rings is 1. The summed E-state index contributed by atoms with van der Waals surface area (Å²) in [4.78, 5) is 16.4. The molecule has 15 aromatic rings. The minimum Gasteiger partial charge on any atom is -0.456 e. The third kappa shape index (κ3) is 5.99. The van der Waals surface area contributed by atoms with Gasteiger partial charge in [0.25, 0.3) is 0 Å². The van der Waals surface area contributed by atoms with Gasteiger partial charge in [-0.05, 0) is 85.7 Å². The van der Waals surface area contributed by atoms with Crippen molar-refractivity contribution in [3.63, 3.8) is 0 Å². The Morgan fingerprint density at radius 1 is 0.362 bits per heavy atom. The average Bonchev–Trinajstić information content (AvgIpc) is 4.11. The van der Waals surface area contributed by atoms with Crippen LogP contribution < -0.4 is 0 Å². The highest BCUT2D eigenvalue weighted by molar-refractivity contribution is 7.26. The fourth-order valence-corrected chi connectivity index (χ4v) is 11.9. The number of hydrogen-bond donors (Lipinski definition) is 0. The van der Waals surface area contributed by atoms with Gasteiger partial charge in [-0.2, -0.15) is 9.97 Å². The Morgan fingerprint density at radius 3 is 1.78 bits per heavy atom. The van der Waals surface area contributed by atoms with Crippen molar-refractivity contribution >= 4 is 118 Å². The number of rotatable bonds is 4. The van der Waals surface area contributed by atoms with Crippen LogP contribution >= 0.6 is 11.3 Å². The van der Waals surface area contributed by atoms with Crippen molar-refractivity contribution < 1.29 is 4.42 Å². The Balaban J connectivity index is 0.00000221. The van der Waals surface area contributed by atoms with Crippen molar-refractivity contribution in [1.82, 2.24) is 19.5 Å². The first-order chi connectivity index (χ1) is 34.2. The highest BCUT2D eigenvalue weighted by atomic mass is 32.1. The van der Waals surface area contributed by atoms with Gasteiger partial charge in [0.1, 0.15) is 11.2 Å². The number of aromatic nitrogens is 4. The average molecular weight is 901 g/mol. The molecule has 0 radical (unpaired) electrons. The second-order valence-electron chi connectivity index (χ2n) is 17.5. The molecule has 69 heavy (non-hydrogen) atoms. The molecule has 0 aliphatic heterocycles. The summed E-state index contributed by atoms with van der Waals surface area (Å²) in [7, 11) is 0. The van der Waals surface area contributed by atoms with Gasteiger partial charge in [-0.3, -0.25) is 4.57 Å². The summed E-state index contributed by atoms with van der Waals surface area (Å²) in [6.45, 7) is 4.00. The predicted molar refractivity (Wildman–Crippen MR) is 292 cm³/mol. The molecule has 0 aliphatic rings. The lowest BCUT2D eigenvalue weighted by atomic mass is 9.95. The molecule has 0 unspecified atom stereocenters. The van der Waals surface area contributed by atoms with Gasteiger partial charge < -0.3 is 4.42 Å². The van der Waals surface area contributed by atoms with E-state index in [2.05, 4.69) is 199 Å². The van der Waals surface area contributed by atoms with Gasteiger partial charge in [0.05, 0.1) is 11.0 Å². The van der Waals surface area contributed by atoms with Crippen LogP contribution in [-0.2, 0) is 0 Å². The number of thiophene rings is 1. The molecule has 5 nitrogen and oxygen atoms in total. The van der Waals surface area contributed by atoms with E-state index < -0.39 is 0 Å². The second kappa shape index (κ2) is 15.4. The summed E-state index contributed by atoms with van der Waals surface area (Å²) >= 11 is 1.85. The third-order valence-corrected chi connectivity index (χ3v) is 14.9. The van der Waals surface area contributed by atoms with Crippen LogP contribution in [0.5, 0.6) is 0 Å². The number of hydrogen-bond acceptors (Lipinski definition) is 5. The summed E-state index contributed by atoms with van der Waals surface area (Å²) < 4.78 is 11.3. The van der Waals surface area contributed by atoms with Gasteiger partial charge in [-0.1, -0.05) is 178 Å². The summed E-state index contributed by atoms with van der Waals surface area (Å²) in [5, 5.41) is 16.5. The van der Waals surface area contributed by atoms with E-state index in [0.29, 0.717) is 17.6 Å². The number of nitrogens with zero attached hydrogens (tertiary/aromatic N) is 4. The van der Waals surface area contributed by atoms with Crippen molar-refractivity contribution in [3.05, 3.63) is 206 Å². The van der Waals surface area contributed by atoms with E-state index in [4.69, 9.17) is 19.4 Å². The number of benzene rings is 11. The van der Waals surface area contributed by atoms with Gasteiger partial charge in [0.15, 0.2) is 11.6 Å². The third-order valence-electron chi connectivity index (χ3n) is 13.8. The zero-order chi connectivity index (χ0) is 45.7. The van der Waals surface area contributed by atoms with Crippen LogP contribution in [0.2, 0.25) is 0 Å². The summed E-state index contributed by atoms with van der Waals surface area (Å²) in [5.41, 5.74) is 7.71. The maximum absolute atomic E-state index is 6.45. The zero-order valence-corrected chi connectivity index (χ0v) is 38.6. The summed E-state index contributed by atoms with van der Waals surface area (Å²) in [6, 6.07) is 73.9. The smallest absolute Gasteiger partial charge is 0.238 e. The molecule has 4 aromatic heterocycles. The molecule has 0 N–H and O–H groups in total. The van der Waals surface area contributed by atoms with Crippen LogP contribution in [0.25, 0.3) is 147 Å². The Hall–Kier alpha value is -8.71. The van der Waals surface area contributed by atoms with Crippen LogP contribution in [-0.4, -0.2) is 19.5 Å². The van der Waals surface area contributed by atoms with Gasteiger partial charge in [0.2, 0.25) is 5.95 Å². The largest absolute Gasteiger partial charge is 0.456 e. The quantitative estimate of drug-likeness (QED) is 0.165. The molecule has 0 bridgehead atoms. The van der Waals surface area contributed by atoms with E-state index in [1.165, 1.54) is 47.1 Å². The monoisotopic (exact) mass is 900 g/mol. The fourth-order valence-electron chi connectivity index (χ4n) is 10.8. The molecule has 0 amide bonds. The molecule has 6 heteroatoms. The van der Waals surface area contributed by atoms with E-state index in [0.717, 1.165) is 82.2 Å². The Labute approximate surface area is 400 Å². The standard InChI is InChI=1S/C61H34N4OS.C2H6/c1-2-14-37-32-39(25-24-35(37)12-1)59-62-60(40-26-29-46-45-18-9-10-23-51(45)66-52(46)34-40)64-61(63-59)65-57-42(38-28-30-53-50(33-38)55-41-15-4-3-13-36(41)27-31-54(55)67-53)21-11-22-49(57)56-47-19-7-5-16-43(47)44-17-6-8-20-48(44)58(56)65;1-2/h1-34H;1-2H3. The fraction of sp³-hybridized carbons (Fsp3) is 0.0317. The molecular weight excluding hydrogens is 861 g/mol. The van der Waals surface area contributed by atoms with E-state index in [1.807, 2.05) is 37.3 Å². The summed E-state index contributed by atoms with van der Waals surface area (Å²) in [5.74, 6) is 1.69. The first kappa shape index (κ1) is 39.5. The lowest BCUT2D eigenvalue weighted by Gasteiger charge is -2.14. The molecule has 15 rings (SSSR count). The molecule has 0 spiro atoms. The van der Waals surface area contributed by atoms with E-state index in [1.54, 1.807) is 0 Å². The Morgan fingerprint density at radius 2 is 0.957 bits per heavy atom. The molecule has 4 heterocycles. The maximum Gasteiger partial charge on any atom is 0.238 e. The van der Waals surface area contributed by atoms with E-state index in [-0.39, 0.29) is 0 Å². The van der Waals surface area contributed by atoms with Crippen molar-refractivity contribution in [3.8, 4) is 39.9 Å². The maximum atomic E-state index is 6.45. The first-order valence-corrected chi connectivity index (χ1v) is 24.4. The highest BCUT2D eigenvalue weighted by Crippen LogP contribution is 2.47. The lowest BCUT2D eigenvalue weighted by Crippen LogP contribution is -2.07. The van der Waals surface area contributed by atoms with E-state index in [9.17, 15) is 0 Å². The normalized spacial score (nSPS) is 11.9. The number of para-hydroxylation sites is 2. The van der Waals surface area contributed by atoms with Gasteiger partial charge in [0, 0.05) is 63.8 Å². The van der Waals surface area contributed by atoms with Crippen LogP contribution in [0.1, 0.15) is 13.8 Å². The number of fused-ring (bicyclic) bond motifs is 17. The minimum atomic E-state index is 0.541. The molecular formula is C63H40N4OS. The lowest BCUT2D eigenvalue weighted by molar-refractivity contribution is 0.669. The van der Waals surface area contributed by atoms with Crippen molar-refractivity contribution in [2.45, 2.75) is 13.8 Å². The predicted octanol–water partition coefficient (Wildman–Crippen LogP) is 17.9. The summed E-state index contributed by atoms with van der Waals surface area (Å²) in [6.07, 6.45) is 0. The van der Waals surface area contributed by atoms with Crippen molar-refractivity contribution in [2.24, 2.45) is 0 Å². The second-order valence-corrected chi connectivity index (χ2v) is 18.6. The van der Waals surface area contributed by atoms with Crippen molar-refractivity contribution in [2.75, 3.05) is 0 Å². The molecule has 0 fully saturated rings. The van der Waals surface area contributed by atoms with Crippen LogP contribution in [0.15, 0.2) is 211 Å². The zero-order valence-electron chi connectivity index (χ0n) is 37.7. The van der Waals surface area contributed by atoms with Crippen molar-refractivity contribution in [1.29, 1.82) is 0 Å². The minimum absolute atomic E-state index is 0.541. The first-order valence-electron chi connectivity index (χ1n) is 23.6. The molecule has 11 aromatic carbocycles. The van der Waals surface area contributed by atoms with Crippen LogP contribution in [0.4, 0.5) is 0 Å². The van der Waals surface area contributed by atoms with Gasteiger partial charge in [-0.15, -0.1) is 11.3 Å². The molecule has 324 valence electrons. The van der Waals surface area contributed by atoms with Gasteiger partial charge in [-0.25, -0.2) is 4.98 Å². The molecule has 0 saturated carbocycles. The van der Waals surface area contributed by atoms with E-state index >= 15 is 0 Å². The highest BCUT2D eigenvalue weighted by Gasteiger charge is 2.25. The Bertz CT molecular complexity index is 4600. The topological polar surface area (TPSA) is 56.7 Å². The van der Waals surface area contributed by atoms with Crippen LogP contribution in [0.3, 0.4) is 0 Å². The van der Waals surface area contributed by atoms with Gasteiger partial charge >= 0.3 is 0 Å². The molecule has 0 saturated heterocycles. The molecule has 0 aliphatic carbocycles. The SMILES string of the molecule is CC.c1ccc2cc(-c3nc(-c4ccc5c(c4)oc4ccccc45)nc(-n4c5c(-c6ccc7sc8ccc9ccccc9c8c7c6)cccc5c5c6ccccc6c6ccccc6c54)n3)ccc2c1. The Kier molecular flexibility index (Phi) is 8.82.